The minimum absolute atomic E-state index is 0.0579. The quantitative estimate of drug-likeness (QED) is 0.390. The van der Waals surface area contributed by atoms with Crippen LogP contribution in [-0.4, -0.2) is 80.5 Å². The molecule has 0 bridgehead atoms. The summed E-state index contributed by atoms with van der Waals surface area (Å²) in [7, 11) is 0. The number of carbonyl (C=O) groups is 4. The standard InChI is InChI=1S/C25H42FN3O7/c1-8-34-25(33)23-21(29-17(7)30)15(5)14(4)19(36-23)11-28-24(32)22-16(6)12(2)13(3)18(35-22)10-27-20(31)9-26/h12-16,18-19,21-23H,8-11H2,1-7H3,(H,27,31)(H,28,32)(H,29,30)/t12-,13-,14-,15-,16+,18+,19+,21+,22+,23+/m0/s1. The Morgan fingerprint density at radius 2 is 1.36 bits per heavy atom. The Hall–Kier alpha value is -2.27. The molecule has 2 heterocycles. The second-order valence-electron chi connectivity index (χ2n) is 10.1. The molecule has 0 aromatic carbocycles. The number of hydrogen-bond donors (Lipinski definition) is 3. The van der Waals surface area contributed by atoms with Gasteiger partial charge in [-0.3, -0.25) is 14.4 Å². The SMILES string of the molecule is CCOC(=O)[C@@H]1O[C@H](CNC(=O)[C@@H]2O[C@H](CNC(=O)CF)[C@@H](C)[C@H](C)[C@H]2C)[C@@H](C)[C@H](C)[C@H]1NC(C)=O. The van der Waals surface area contributed by atoms with Crippen molar-refractivity contribution in [3.8, 4) is 0 Å². The second-order valence-corrected chi connectivity index (χ2v) is 10.1. The molecule has 2 aliphatic heterocycles. The van der Waals surface area contributed by atoms with E-state index in [9.17, 15) is 23.6 Å². The molecule has 2 aliphatic rings. The molecule has 3 N–H and O–H groups in total. The van der Waals surface area contributed by atoms with E-state index >= 15 is 0 Å². The fourth-order valence-corrected chi connectivity index (χ4v) is 5.07. The van der Waals surface area contributed by atoms with E-state index in [0.717, 1.165) is 0 Å². The molecule has 0 aliphatic carbocycles. The third-order valence-corrected chi connectivity index (χ3v) is 7.92. The molecule has 0 radical (unpaired) electrons. The molecular formula is C25H42FN3O7. The summed E-state index contributed by atoms with van der Waals surface area (Å²) in [6.07, 6.45) is -2.67. The zero-order chi connectivity index (χ0) is 27.2. The Labute approximate surface area is 212 Å². The Kier molecular flexibility index (Phi) is 11.1. The van der Waals surface area contributed by atoms with Gasteiger partial charge in [0.15, 0.2) is 12.8 Å². The largest absolute Gasteiger partial charge is 0.464 e. The number of nitrogens with one attached hydrogen (secondary N) is 3. The highest BCUT2D eigenvalue weighted by Crippen LogP contribution is 2.35. The number of ether oxygens (including phenoxy) is 3. The van der Waals surface area contributed by atoms with Crippen LogP contribution in [0.2, 0.25) is 0 Å². The first-order chi connectivity index (χ1) is 16.9. The third-order valence-electron chi connectivity index (χ3n) is 7.92. The molecule has 2 fully saturated rings. The maximum absolute atomic E-state index is 13.2. The molecule has 0 aromatic rings. The van der Waals surface area contributed by atoms with Gasteiger partial charge in [0.05, 0.1) is 24.9 Å². The molecule has 0 saturated carbocycles. The molecule has 10 nitrogen and oxygen atoms in total. The van der Waals surface area contributed by atoms with Crippen molar-refractivity contribution >= 4 is 23.7 Å². The van der Waals surface area contributed by atoms with Crippen LogP contribution >= 0.6 is 0 Å². The topological polar surface area (TPSA) is 132 Å². The monoisotopic (exact) mass is 515 g/mol. The van der Waals surface area contributed by atoms with Gasteiger partial charge in [-0.25, -0.2) is 9.18 Å². The van der Waals surface area contributed by atoms with E-state index in [1.807, 2.05) is 34.6 Å². The van der Waals surface area contributed by atoms with Crippen LogP contribution in [0.5, 0.6) is 0 Å². The number of alkyl halides is 1. The maximum Gasteiger partial charge on any atom is 0.337 e. The number of rotatable bonds is 9. The minimum Gasteiger partial charge on any atom is -0.464 e. The Morgan fingerprint density at radius 3 is 1.92 bits per heavy atom. The van der Waals surface area contributed by atoms with Crippen molar-refractivity contribution in [2.75, 3.05) is 26.4 Å². The lowest BCUT2D eigenvalue weighted by atomic mass is 9.76. The van der Waals surface area contributed by atoms with Crippen LogP contribution in [0.1, 0.15) is 48.5 Å². The molecule has 0 aromatic heterocycles. The van der Waals surface area contributed by atoms with Crippen LogP contribution in [0.4, 0.5) is 4.39 Å². The fraction of sp³-hybridized carbons (Fsp3) is 0.840. The van der Waals surface area contributed by atoms with Gasteiger partial charge in [0.1, 0.15) is 6.10 Å². The number of esters is 1. The predicted molar refractivity (Wildman–Crippen MR) is 129 cm³/mol. The molecule has 11 heteroatoms. The molecule has 3 amide bonds. The highest BCUT2D eigenvalue weighted by Gasteiger charge is 2.47. The van der Waals surface area contributed by atoms with Gasteiger partial charge >= 0.3 is 5.97 Å². The first kappa shape index (κ1) is 30.0. The van der Waals surface area contributed by atoms with E-state index in [1.54, 1.807) is 6.92 Å². The van der Waals surface area contributed by atoms with Crippen LogP contribution in [-0.2, 0) is 33.4 Å². The summed E-state index contributed by atoms with van der Waals surface area (Å²) < 4.78 is 29.8. The van der Waals surface area contributed by atoms with Gasteiger partial charge in [-0.05, 0) is 36.5 Å². The van der Waals surface area contributed by atoms with Gasteiger partial charge in [0, 0.05) is 20.0 Å². The molecule has 10 atom stereocenters. The Morgan fingerprint density at radius 1 is 0.806 bits per heavy atom. The van der Waals surface area contributed by atoms with E-state index in [1.165, 1.54) is 6.92 Å². The van der Waals surface area contributed by atoms with Gasteiger partial charge in [0.2, 0.25) is 11.8 Å². The lowest BCUT2D eigenvalue weighted by molar-refractivity contribution is -0.180. The van der Waals surface area contributed by atoms with Crippen LogP contribution in [0.25, 0.3) is 0 Å². The van der Waals surface area contributed by atoms with E-state index in [0.29, 0.717) is 0 Å². The van der Waals surface area contributed by atoms with E-state index in [-0.39, 0.29) is 61.1 Å². The molecule has 0 unspecified atom stereocenters. The molecular weight excluding hydrogens is 473 g/mol. The molecule has 2 saturated heterocycles. The Balaban J connectivity index is 2.08. The molecule has 36 heavy (non-hydrogen) atoms. The van der Waals surface area contributed by atoms with Crippen molar-refractivity contribution in [1.29, 1.82) is 0 Å². The predicted octanol–water partition coefficient (Wildman–Crippen LogP) is 0.971. The van der Waals surface area contributed by atoms with Crippen molar-refractivity contribution in [1.82, 2.24) is 16.0 Å². The summed E-state index contributed by atoms with van der Waals surface area (Å²) >= 11 is 0. The van der Waals surface area contributed by atoms with Crippen molar-refractivity contribution in [2.24, 2.45) is 29.6 Å². The highest BCUT2D eigenvalue weighted by atomic mass is 19.1. The minimum atomic E-state index is -1.11. The first-order valence-corrected chi connectivity index (χ1v) is 12.8. The maximum atomic E-state index is 13.2. The van der Waals surface area contributed by atoms with Crippen LogP contribution in [0.3, 0.4) is 0 Å². The fourth-order valence-electron chi connectivity index (χ4n) is 5.07. The zero-order valence-electron chi connectivity index (χ0n) is 22.3. The van der Waals surface area contributed by atoms with Crippen molar-refractivity contribution < 1.29 is 37.8 Å². The van der Waals surface area contributed by atoms with E-state index < -0.39 is 49.0 Å². The lowest BCUT2D eigenvalue weighted by Crippen LogP contribution is -2.61. The number of halogens is 1. The summed E-state index contributed by atoms with van der Waals surface area (Å²) in [5, 5.41) is 8.21. The van der Waals surface area contributed by atoms with E-state index in [4.69, 9.17) is 14.2 Å². The Bertz CT molecular complexity index is 798. The van der Waals surface area contributed by atoms with Gasteiger partial charge in [-0.1, -0.05) is 34.6 Å². The summed E-state index contributed by atoms with van der Waals surface area (Å²) in [5.41, 5.74) is 0. The van der Waals surface area contributed by atoms with Gasteiger partial charge in [0.25, 0.3) is 5.91 Å². The highest BCUT2D eigenvalue weighted by molar-refractivity contribution is 5.81. The van der Waals surface area contributed by atoms with Crippen LogP contribution in [0, 0.1) is 29.6 Å². The van der Waals surface area contributed by atoms with Crippen molar-refractivity contribution in [3.05, 3.63) is 0 Å². The number of hydrogen-bond acceptors (Lipinski definition) is 7. The van der Waals surface area contributed by atoms with Gasteiger partial charge < -0.3 is 30.2 Å². The smallest absolute Gasteiger partial charge is 0.337 e. The van der Waals surface area contributed by atoms with Crippen molar-refractivity contribution in [2.45, 2.75) is 78.9 Å². The third kappa shape index (κ3) is 7.15. The molecule has 0 spiro atoms. The number of amides is 3. The van der Waals surface area contributed by atoms with Crippen LogP contribution in [0.15, 0.2) is 0 Å². The van der Waals surface area contributed by atoms with Crippen molar-refractivity contribution in [3.63, 3.8) is 0 Å². The lowest BCUT2D eigenvalue weighted by Gasteiger charge is -2.45. The normalized spacial score (nSPS) is 36.4. The van der Waals surface area contributed by atoms with Gasteiger partial charge in [-0.2, -0.15) is 0 Å². The zero-order valence-corrected chi connectivity index (χ0v) is 22.3. The van der Waals surface area contributed by atoms with Crippen LogP contribution < -0.4 is 16.0 Å². The summed E-state index contributed by atoms with van der Waals surface area (Å²) in [5.74, 6) is -1.97. The average molecular weight is 516 g/mol. The first-order valence-electron chi connectivity index (χ1n) is 12.8. The number of carbonyl (C=O) groups excluding carboxylic acids is 4. The average Bonchev–Trinajstić information content (AvgIpc) is 2.83. The van der Waals surface area contributed by atoms with E-state index in [2.05, 4.69) is 16.0 Å². The summed E-state index contributed by atoms with van der Waals surface area (Å²) in [6, 6.07) is -0.548. The summed E-state index contributed by atoms with van der Waals surface area (Å²) in [6.45, 7) is 12.3. The summed E-state index contributed by atoms with van der Waals surface area (Å²) in [4.78, 5) is 48.9. The molecule has 2 rings (SSSR count). The molecule has 206 valence electrons. The van der Waals surface area contributed by atoms with Gasteiger partial charge in [-0.15, -0.1) is 0 Å². The second kappa shape index (κ2) is 13.3.